The highest BCUT2D eigenvalue weighted by atomic mass is 16.5. The number of aromatic carboxylic acids is 1. The van der Waals surface area contributed by atoms with Crippen LogP contribution in [0.3, 0.4) is 0 Å². The molecule has 1 unspecified atom stereocenters. The van der Waals surface area contributed by atoms with Crippen molar-refractivity contribution in [3.8, 4) is 17.2 Å². The fourth-order valence-electron chi connectivity index (χ4n) is 4.02. The van der Waals surface area contributed by atoms with Gasteiger partial charge in [0.2, 0.25) is 0 Å². The van der Waals surface area contributed by atoms with Gasteiger partial charge >= 0.3 is 11.7 Å². The number of carboxylic acid groups (broad SMARTS) is 2. The molecule has 0 aliphatic rings. The van der Waals surface area contributed by atoms with Crippen molar-refractivity contribution in [2.75, 3.05) is 32.2 Å². The van der Waals surface area contributed by atoms with Crippen LogP contribution in [0, 0.1) is 5.41 Å². The summed E-state index contributed by atoms with van der Waals surface area (Å²) in [7, 11) is 1.59. The molecule has 4 rings (SSSR count). The molecule has 0 aliphatic heterocycles. The summed E-state index contributed by atoms with van der Waals surface area (Å²) in [5.74, 6) is -0.822. The minimum Gasteiger partial charge on any atom is -0.490 e. The Balaban J connectivity index is 0.00000124. The van der Waals surface area contributed by atoms with E-state index in [1.165, 1.54) is 12.1 Å². The number of nitrogens with two attached hydrogens (primary N) is 1. The van der Waals surface area contributed by atoms with Crippen molar-refractivity contribution in [2.45, 2.75) is 19.9 Å². The number of nitrogen functional groups attached to an aromatic ring is 1. The number of aromatic nitrogens is 3. The summed E-state index contributed by atoms with van der Waals surface area (Å²) < 4.78 is 17.7. The summed E-state index contributed by atoms with van der Waals surface area (Å²) in [6.45, 7) is 4.08. The van der Waals surface area contributed by atoms with E-state index in [9.17, 15) is 14.7 Å². The van der Waals surface area contributed by atoms with E-state index in [1.54, 1.807) is 55.6 Å². The fourth-order valence-corrected chi connectivity index (χ4v) is 4.02. The molecule has 232 valence electrons. The molecular formula is C30H34N6O8. The maximum atomic E-state index is 13.0. The minimum atomic E-state index is -1.18. The zero-order chi connectivity index (χ0) is 32.2. The maximum absolute atomic E-state index is 13.0. The van der Waals surface area contributed by atoms with Gasteiger partial charge in [0, 0.05) is 25.3 Å². The highest BCUT2D eigenvalue weighted by molar-refractivity contribution is 5.95. The quantitative estimate of drug-likeness (QED) is 0.0738. The third-order valence-corrected chi connectivity index (χ3v) is 5.92. The molecular weight excluding hydrogens is 572 g/mol. The summed E-state index contributed by atoms with van der Waals surface area (Å²) in [5.41, 5.74) is 6.95. The van der Waals surface area contributed by atoms with Crippen LogP contribution in [0.25, 0.3) is 5.69 Å². The summed E-state index contributed by atoms with van der Waals surface area (Å²) in [4.78, 5) is 36.6. The molecule has 4 aromatic rings. The van der Waals surface area contributed by atoms with Crippen molar-refractivity contribution in [3.63, 3.8) is 0 Å². The highest BCUT2D eigenvalue weighted by Crippen LogP contribution is 2.34. The number of anilines is 1. The normalized spacial score (nSPS) is 11.1. The van der Waals surface area contributed by atoms with Crippen LogP contribution in [0.5, 0.6) is 11.5 Å². The Bertz CT molecular complexity index is 1640. The number of rotatable bonds is 13. The van der Waals surface area contributed by atoms with Crippen molar-refractivity contribution >= 4 is 23.5 Å². The summed E-state index contributed by atoms with van der Waals surface area (Å²) in [6, 6.07) is 17.7. The monoisotopic (exact) mass is 606 g/mol. The van der Waals surface area contributed by atoms with Gasteiger partial charge in [-0.1, -0.05) is 18.2 Å². The van der Waals surface area contributed by atoms with Crippen molar-refractivity contribution in [1.29, 1.82) is 5.41 Å². The first-order chi connectivity index (χ1) is 21.0. The number of H-pyrrole nitrogens is 1. The molecule has 0 aliphatic carbocycles. The first-order valence-electron chi connectivity index (χ1n) is 13.4. The van der Waals surface area contributed by atoms with Crippen LogP contribution in [0.4, 0.5) is 5.69 Å². The summed E-state index contributed by atoms with van der Waals surface area (Å²) in [5, 5.41) is 32.5. The first kappa shape index (κ1) is 32.9. The highest BCUT2D eigenvalue weighted by Gasteiger charge is 2.23. The Morgan fingerprint density at radius 3 is 2.34 bits per heavy atom. The van der Waals surface area contributed by atoms with Crippen molar-refractivity contribution in [3.05, 3.63) is 99.7 Å². The van der Waals surface area contributed by atoms with Crippen LogP contribution >= 0.6 is 0 Å². The lowest BCUT2D eigenvalue weighted by Crippen LogP contribution is -2.18. The second-order valence-electron chi connectivity index (χ2n) is 9.12. The van der Waals surface area contributed by atoms with Crippen LogP contribution in [0.2, 0.25) is 0 Å². The molecule has 0 saturated carbocycles. The molecule has 7 N–H and O–H groups in total. The molecule has 0 amide bonds. The van der Waals surface area contributed by atoms with Gasteiger partial charge in [-0.05, 0) is 61.0 Å². The smallest absolute Gasteiger partial charge is 0.348 e. The number of para-hydroxylation sites is 1. The second kappa shape index (κ2) is 15.6. The predicted octanol–water partition coefficient (Wildman–Crippen LogP) is 3.26. The molecule has 1 atom stereocenters. The van der Waals surface area contributed by atoms with Gasteiger partial charge < -0.3 is 35.5 Å². The van der Waals surface area contributed by atoms with Crippen LogP contribution in [-0.2, 0) is 9.53 Å². The number of carbonyl (C=O) groups is 2. The molecule has 0 radical (unpaired) electrons. The number of methoxy groups -OCH3 is 1. The van der Waals surface area contributed by atoms with Gasteiger partial charge in [-0.2, -0.15) is 4.68 Å². The Labute approximate surface area is 252 Å². The van der Waals surface area contributed by atoms with Gasteiger partial charge in [0.25, 0.3) is 5.97 Å². The van der Waals surface area contributed by atoms with Gasteiger partial charge in [0.15, 0.2) is 17.3 Å². The van der Waals surface area contributed by atoms with E-state index in [0.29, 0.717) is 48.1 Å². The molecule has 1 aromatic heterocycles. The third kappa shape index (κ3) is 8.69. The second-order valence-corrected chi connectivity index (χ2v) is 9.12. The fraction of sp³-hybridized carbons (Fsp3) is 0.233. The van der Waals surface area contributed by atoms with Crippen LogP contribution in [0.15, 0.2) is 71.5 Å². The maximum Gasteiger partial charge on any atom is 0.348 e. The number of amidine groups is 1. The van der Waals surface area contributed by atoms with E-state index >= 15 is 0 Å². The lowest BCUT2D eigenvalue weighted by molar-refractivity contribution is -0.134. The van der Waals surface area contributed by atoms with E-state index in [0.717, 1.165) is 11.6 Å². The number of nitrogens with one attached hydrogen (secondary N) is 3. The minimum absolute atomic E-state index is 0.0614. The number of aromatic amines is 1. The van der Waals surface area contributed by atoms with E-state index < -0.39 is 23.7 Å². The van der Waals surface area contributed by atoms with Crippen molar-refractivity contribution in [2.24, 2.45) is 5.73 Å². The molecule has 0 bridgehead atoms. The molecule has 14 heteroatoms. The molecule has 0 spiro atoms. The lowest BCUT2D eigenvalue weighted by Gasteiger charge is -2.20. The molecule has 3 aromatic carbocycles. The average Bonchev–Trinajstić information content (AvgIpc) is 3.37. The zero-order valence-electron chi connectivity index (χ0n) is 24.4. The SMILES string of the molecule is CC(=O)O.CCOc1cc(C(Nc2ccc(C(=N)N)cc2)c2nn(-c3ccccc3C(=O)O)c(=O)[nH]2)ccc1OCCOC. The number of ether oxygens (including phenoxy) is 3. The third-order valence-electron chi connectivity index (χ3n) is 5.92. The first-order valence-corrected chi connectivity index (χ1v) is 13.4. The van der Waals surface area contributed by atoms with Crippen LogP contribution in [0.1, 0.15) is 47.2 Å². The van der Waals surface area contributed by atoms with Gasteiger partial charge in [-0.25, -0.2) is 9.59 Å². The molecule has 0 saturated heterocycles. The number of carboxylic acids is 2. The van der Waals surface area contributed by atoms with Gasteiger partial charge in [0.05, 0.1) is 24.5 Å². The lowest BCUT2D eigenvalue weighted by atomic mass is 10.0. The number of benzene rings is 3. The summed E-state index contributed by atoms with van der Waals surface area (Å²) in [6.07, 6.45) is 0. The largest absolute Gasteiger partial charge is 0.490 e. The topological polar surface area (TPSA) is 215 Å². The summed E-state index contributed by atoms with van der Waals surface area (Å²) >= 11 is 0. The zero-order valence-corrected chi connectivity index (χ0v) is 24.4. The number of nitrogens with zero attached hydrogens (tertiary/aromatic N) is 2. The molecule has 0 fully saturated rings. The molecule has 44 heavy (non-hydrogen) atoms. The standard InChI is InChI=1S/C28H30N6O6.C2H4O2/c1-3-39-23-16-18(10-13-22(23)40-15-14-38-2)24(31-19-11-8-17(9-12-19)25(29)30)26-32-28(37)34(33-26)21-7-5-4-6-20(21)27(35)36;1-2(3)4/h4-13,16,24,31H,3,14-15H2,1-2H3,(H3,29,30)(H,35,36)(H,32,33,37);1H3,(H,3,4). The van der Waals surface area contributed by atoms with Crippen molar-refractivity contribution < 1.29 is 34.0 Å². The molecule has 1 heterocycles. The number of hydrogen-bond acceptors (Lipinski definition) is 9. The predicted molar refractivity (Wildman–Crippen MR) is 162 cm³/mol. The Morgan fingerprint density at radius 2 is 1.73 bits per heavy atom. The van der Waals surface area contributed by atoms with Crippen LogP contribution < -0.4 is 26.2 Å². The van der Waals surface area contributed by atoms with Crippen LogP contribution in [-0.4, -0.2) is 69.7 Å². The van der Waals surface area contributed by atoms with E-state index in [2.05, 4.69) is 15.4 Å². The Hall–Kier alpha value is -5.63. The van der Waals surface area contributed by atoms with Gasteiger partial charge in [-0.15, -0.1) is 5.10 Å². The van der Waals surface area contributed by atoms with Crippen molar-refractivity contribution in [1.82, 2.24) is 14.8 Å². The Morgan fingerprint density at radius 1 is 1.05 bits per heavy atom. The van der Waals surface area contributed by atoms with Gasteiger partial charge in [-0.3, -0.25) is 15.2 Å². The van der Waals surface area contributed by atoms with E-state index in [-0.39, 0.29) is 22.9 Å². The van der Waals surface area contributed by atoms with E-state index in [1.807, 2.05) is 13.0 Å². The number of hydrogen-bond donors (Lipinski definition) is 6. The van der Waals surface area contributed by atoms with Gasteiger partial charge in [0.1, 0.15) is 18.5 Å². The number of aliphatic carboxylic acids is 1. The average molecular weight is 607 g/mol. The van der Waals surface area contributed by atoms with E-state index in [4.69, 9.17) is 35.3 Å². The Kier molecular flexibility index (Phi) is 11.6. The molecule has 14 nitrogen and oxygen atoms in total.